The van der Waals surface area contributed by atoms with Crippen LogP contribution in [-0.4, -0.2) is 38.0 Å². The third kappa shape index (κ3) is 4.66. The third-order valence-electron chi connectivity index (χ3n) is 6.05. The molecule has 2 amide bonds. The van der Waals surface area contributed by atoms with E-state index in [0.717, 1.165) is 11.1 Å². The van der Waals surface area contributed by atoms with Gasteiger partial charge in [0.2, 0.25) is 5.91 Å². The fourth-order valence-electron chi connectivity index (χ4n) is 4.20. The maximum atomic E-state index is 13.1. The summed E-state index contributed by atoms with van der Waals surface area (Å²) < 4.78 is 13.5. The van der Waals surface area contributed by atoms with Crippen LogP contribution in [0.3, 0.4) is 0 Å². The lowest BCUT2D eigenvalue weighted by Crippen LogP contribution is -2.24. The van der Waals surface area contributed by atoms with Gasteiger partial charge in [0.05, 0.1) is 24.7 Å². The van der Waals surface area contributed by atoms with Gasteiger partial charge in [-0.2, -0.15) is 0 Å². The van der Waals surface area contributed by atoms with Crippen molar-refractivity contribution in [2.45, 2.75) is 13.0 Å². The van der Waals surface area contributed by atoms with Crippen LogP contribution in [0.5, 0.6) is 5.75 Å². The number of hydrogen-bond donors (Lipinski definition) is 2. The maximum absolute atomic E-state index is 13.1. The van der Waals surface area contributed by atoms with E-state index in [4.69, 9.17) is 9.15 Å². The molecule has 5 aromatic rings. The number of anilines is 1. The van der Waals surface area contributed by atoms with Crippen LogP contribution < -0.4 is 21.1 Å². The van der Waals surface area contributed by atoms with Gasteiger partial charge in [-0.25, -0.2) is 14.8 Å². The van der Waals surface area contributed by atoms with Gasteiger partial charge in [-0.1, -0.05) is 18.2 Å². The molecule has 0 aliphatic rings. The van der Waals surface area contributed by atoms with Crippen LogP contribution >= 0.6 is 0 Å². The van der Waals surface area contributed by atoms with Gasteiger partial charge in [0.1, 0.15) is 23.1 Å². The van der Waals surface area contributed by atoms with Crippen molar-refractivity contribution in [2.75, 3.05) is 12.4 Å². The first kappa shape index (κ1) is 23.8. The van der Waals surface area contributed by atoms with E-state index in [1.165, 1.54) is 10.9 Å². The molecule has 0 spiro atoms. The number of fused-ring (bicyclic) bond motifs is 2. The Morgan fingerprint density at radius 3 is 2.73 bits per heavy atom. The molecule has 3 aromatic heterocycles. The quantitative estimate of drug-likeness (QED) is 0.351. The molecule has 37 heavy (non-hydrogen) atoms. The molecule has 0 aliphatic heterocycles. The third-order valence-corrected chi connectivity index (χ3v) is 6.05. The summed E-state index contributed by atoms with van der Waals surface area (Å²) in [5.41, 5.74) is 4.31. The SMILES string of the molecule is COc1cccc(CC(=O)Nc2cn(C)c3c(C(=O)NCc4ccc5oc(=O)n(C)c5c4)ncnc23)c1. The number of ether oxygens (including phenoxy) is 1. The van der Waals surface area contributed by atoms with Crippen molar-refractivity contribution in [3.63, 3.8) is 0 Å². The van der Waals surface area contributed by atoms with Crippen LogP contribution in [0, 0.1) is 0 Å². The molecule has 0 aliphatic carbocycles. The lowest BCUT2D eigenvalue weighted by atomic mass is 10.1. The van der Waals surface area contributed by atoms with Crippen molar-refractivity contribution in [3.05, 3.63) is 82.4 Å². The molecule has 5 rings (SSSR count). The molecule has 0 radical (unpaired) electrons. The second kappa shape index (κ2) is 9.61. The summed E-state index contributed by atoms with van der Waals surface area (Å²) in [4.78, 5) is 46.0. The zero-order valence-electron chi connectivity index (χ0n) is 20.4. The van der Waals surface area contributed by atoms with E-state index in [9.17, 15) is 14.4 Å². The summed E-state index contributed by atoms with van der Waals surface area (Å²) in [5.74, 6) is -0.402. The Labute approximate surface area is 210 Å². The van der Waals surface area contributed by atoms with E-state index in [1.54, 1.807) is 56.2 Å². The summed E-state index contributed by atoms with van der Waals surface area (Å²) in [6, 6.07) is 12.5. The number of oxazole rings is 1. The first-order valence-electron chi connectivity index (χ1n) is 11.4. The van der Waals surface area contributed by atoms with Crippen molar-refractivity contribution < 1.29 is 18.7 Å². The second-order valence-electron chi connectivity index (χ2n) is 8.56. The molecule has 0 saturated carbocycles. The van der Waals surface area contributed by atoms with E-state index >= 15 is 0 Å². The minimum Gasteiger partial charge on any atom is -0.497 e. The summed E-state index contributed by atoms with van der Waals surface area (Å²) in [7, 11) is 4.95. The number of nitrogens with one attached hydrogen (secondary N) is 2. The van der Waals surface area contributed by atoms with Crippen LogP contribution in [0.15, 0.2) is 64.2 Å². The molecule has 0 fully saturated rings. The number of rotatable bonds is 7. The minimum absolute atomic E-state index is 0.151. The Balaban J connectivity index is 1.34. The average Bonchev–Trinajstić information content (AvgIpc) is 3.37. The molecule has 188 valence electrons. The molecule has 2 N–H and O–H groups in total. The van der Waals surface area contributed by atoms with Crippen LogP contribution in [0.25, 0.3) is 22.1 Å². The van der Waals surface area contributed by atoms with E-state index < -0.39 is 11.7 Å². The highest BCUT2D eigenvalue weighted by molar-refractivity contribution is 6.08. The molecule has 11 nitrogen and oxygen atoms in total. The Kier molecular flexibility index (Phi) is 6.18. The van der Waals surface area contributed by atoms with E-state index in [1.807, 2.05) is 18.2 Å². The summed E-state index contributed by atoms with van der Waals surface area (Å²) in [6.45, 7) is 0.216. The first-order chi connectivity index (χ1) is 17.8. The van der Waals surface area contributed by atoms with Gasteiger partial charge in [-0.15, -0.1) is 0 Å². The zero-order chi connectivity index (χ0) is 26.1. The number of carbonyl (C=O) groups is 2. The Bertz CT molecular complexity index is 1710. The highest BCUT2D eigenvalue weighted by Gasteiger charge is 2.19. The highest BCUT2D eigenvalue weighted by Crippen LogP contribution is 2.25. The summed E-state index contributed by atoms with van der Waals surface area (Å²) in [5, 5.41) is 5.74. The van der Waals surface area contributed by atoms with Crippen molar-refractivity contribution in [3.8, 4) is 5.75 Å². The van der Waals surface area contributed by atoms with Gasteiger partial charge in [0, 0.05) is 26.8 Å². The smallest absolute Gasteiger partial charge is 0.419 e. The molecular formula is C26H24N6O5. The van der Waals surface area contributed by atoms with E-state index in [-0.39, 0.29) is 24.6 Å². The summed E-state index contributed by atoms with van der Waals surface area (Å²) >= 11 is 0. The fraction of sp³-hybridized carbons (Fsp3) is 0.192. The predicted molar refractivity (Wildman–Crippen MR) is 136 cm³/mol. The van der Waals surface area contributed by atoms with Gasteiger partial charge in [-0.3, -0.25) is 14.2 Å². The number of aromatic nitrogens is 4. The Morgan fingerprint density at radius 2 is 1.92 bits per heavy atom. The standard InChI is InChI=1S/C26H24N6O5/c1-31-13-18(30-21(33)11-15-5-4-6-17(9-15)36-3)22-24(31)23(29-14-28-22)25(34)27-12-16-7-8-20-19(10-16)32(2)26(35)37-20/h4-10,13-14H,11-12H2,1-3H3,(H,27,34)(H,30,33). The number of nitrogens with zero attached hydrogens (tertiary/aromatic N) is 4. The van der Waals surface area contributed by atoms with Crippen molar-refractivity contribution in [1.29, 1.82) is 0 Å². The van der Waals surface area contributed by atoms with Crippen LogP contribution in [0.2, 0.25) is 0 Å². The fourth-order valence-corrected chi connectivity index (χ4v) is 4.20. The Morgan fingerprint density at radius 1 is 1.08 bits per heavy atom. The van der Waals surface area contributed by atoms with Crippen molar-refractivity contribution >= 4 is 39.6 Å². The number of hydrogen-bond acceptors (Lipinski definition) is 7. The topological polar surface area (TPSA) is 133 Å². The van der Waals surface area contributed by atoms with E-state index in [0.29, 0.717) is 33.6 Å². The summed E-state index contributed by atoms with van der Waals surface area (Å²) in [6.07, 6.45) is 3.15. The van der Waals surface area contributed by atoms with Crippen LogP contribution in [-0.2, 0) is 31.9 Å². The predicted octanol–water partition coefficient (Wildman–Crippen LogP) is 2.53. The maximum Gasteiger partial charge on any atom is 0.419 e. The van der Waals surface area contributed by atoms with Gasteiger partial charge < -0.3 is 24.4 Å². The second-order valence-corrected chi connectivity index (χ2v) is 8.56. The number of amides is 2. The lowest BCUT2D eigenvalue weighted by Gasteiger charge is -2.08. The van der Waals surface area contributed by atoms with Crippen LogP contribution in [0.1, 0.15) is 21.6 Å². The molecule has 3 heterocycles. The first-order valence-corrected chi connectivity index (χ1v) is 11.4. The number of carbonyl (C=O) groups excluding carboxylic acids is 2. The minimum atomic E-state index is -0.449. The lowest BCUT2D eigenvalue weighted by molar-refractivity contribution is -0.115. The Hall–Kier alpha value is -4.93. The number of methoxy groups -OCH3 is 1. The largest absolute Gasteiger partial charge is 0.497 e. The number of benzene rings is 2. The van der Waals surface area contributed by atoms with Crippen molar-refractivity contribution in [1.82, 2.24) is 24.4 Å². The number of aryl methyl sites for hydroxylation is 2. The molecule has 11 heteroatoms. The molecule has 0 atom stereocenters. The molecule has 2 aromatic carbocycles. The van der Waals surface area contributed by atoms with Gasteiger partial charge in [-0.05, 0) is 35.4 Å². The van der Waals surface area contributed by atoms with E-state index in [2.05, 4.69) is 20.6 Å². The van der Waals surface area contributed by atoms with Gasteiger partial charge in [0.15, 0.2) is 11.3 Å². The van der Waals surface area contributed by atoms with Crippen molar-refractivity contribution in [2.24, 2.45) is 14.1 Å². The normalized spacial score (nSPS) is 11.1. The monoisotopic (exact) mass is 500 g/mol. The molecule has 0 unspecified atom stereocenters. The molecule has 0 saturated heterocycles. The average molecular weight is 501 g/mol. The van der Waals surface area contributed by atoms with Gasteiger partial charge in [0.25, 0.3) is 5.91 Å². The molecule has 0 bridgehead atoms. The van der Waals surface area contributed by atoms with Crippen LogP contribution in [0.4, 0.5) is 5.69 Å². The highest BCUT2D eigenvalue weighted by atomic mass is 16.5. The van der Waals surface area contributed by atoms with Gasteiger partial charge >= 0.3 is 5.76 Å². The molecular weight excluding hydrogens is 476 g/mol. The zero-order valence-corrected chi connectivity index (χ0v) is 20.4.